The van der Waals surface area contributed by atoms with E-state index in [0.29, 0.717) is 5.69 Å². The number of benzene rings is 1. The molecule has 1 aromatic carbocycles. The second-order valence-corrected chi connectivity index (χ2v) is 4.80. The Balaban J connectivity index is 2.49. The maximum atomic E-state index is 9.47. The van der Waals surface area contributed by atoms with Crippen LogP contribution in [0.15, 0.2) is 30.5 Å². The van der Waals surface area contributed by atoms with Crippen molar-refractivity contribution in [1.82, 2.24) is 4.98 Å². The van der Waals surface area contributed by atoms with Crippen molar-refractivity contribution in [2.24, 2.45) is 0 Å². The number of nitrogens with two attached hydrogens (primary N) is 1. The SMILES string of the molecule is CCC(C)(CO)Nc1ccnc2c(N)cccc12. The number of para-hydroxylation sites is 1. The molecule has 2 aromatic rings. The van der Waals surface area contributed by atoms with Gasteiger partial charge in [-0.1, -0.05) is 19.1 Å². The molecule has 4 nitrogen and oxygen atoms in total. The first-order valence-electron chi connectivity index (χ1n) is 6.12. The summed E-state index contributed by atoms with van der Waals surface area (Å²) in [6.07, 6.45) is 2.56. The van der Waals surface area contributed by atoms with Gasteiger partial charge in [0.15, 0.2) is 0 Å². The highest BCUT2D eigenvalue weighted by molar-refractivity contribution is 5.97. The molecule has 2 rings (SSSR count). The number of rotatable bonds is 4. The van der Waals surface area contributed by atoms with Crippen molar-refractivity contribution < 1.29 is 5.11 Å². The number of fused-ring (bicyclic) bond motifs is 1. The molecule has 18 heavy (non-hydrogen) atoms. The summed E-state index contributed by atoms with van der Waals surface area (Å²) in [5, 5.41) is 13.8. The Morgan fingerprint density at radius 3 is 2.83 bits per heavy atom. The van der Waals surface area contributed by atoms with E-state index in [2.05, 4.69) is 10.3 Å². The minimum Gasteiger partial charge on any atom is -0.397 e. The summed E-state index contributed by atoms with van der Waals surface area (Å²) in [6, 6.07) is 7.64. The van der Waals surface area contributed by atoms with Crippen molar-refractivity contribution in [3.05, 3.63) is 30.5 Å². The van der Waals surface area contributed by atoms with Gasteiger partial charge in [-0.3, -0.25) is 4.98 Å². The molecular formula is C14H19N3O. The molecule has 0 saturated carbocycles. The molecule has 4 N–H and O–H groups in total. The molecule has 0 bridgehead atoms. The summed E-state index contributed by atoms with van der Waals surface area (Å²) >= 11 is 0. The molecule has 1 heterocycles. The summed E-state index contributed by atoms with van der Waals surface area (Å²) < 4.78 is 0. The first-order chi connectivity index (χ1) is 8.59. The Morgan fingerprint density at radius 1 is 1.39 bits per heavy atom. The molecule has 0 aliphatic heterocycles. The summed E-state index contributed by atoms with van der Waals surface area (Å²) in [5.41, 5.74) is 7.99. The highest BCUT2D eigenvalue weighted by Crippen LogP contribution is 2.28. The minimum atomic E-state index is -0.334. The lowest BCUT2D eigenvalue weighted by molar-refractivity contribution is 0.219. The van der Waals surface area contributed by atoms with Crippen LogP contribution in [0.3, 0.4) is 0 Å². The molecule has 0 amide bonds. The van der Waals surface area contributed by atoms with Crippen LogP contribution in [-0.4, -0.2) is 22.2 Å². The van der Waals surface area contributed by atoms with Crippen molar-refractivity contribution >= 4 is 22.3 Å². The van der Waals surface area contributed by atoms with E-state index in [-0.39, 0.29) is 12.1 Å². The lowest BCUT2D eigenvalue weighted by Crippen LogP contribution is -2.38. The lowest BCUT2D eigenvalue weighted by Gasteiger charge is -2.29. The number of aromatic nitrogens is 1. The van der Waals surface area contributed by atoms with Gasteiger partial charge in [0.05, 0.1) is 23.3 Å². The monoisotopic (exact) mass is 245 g/mol. The van der Waals surface area contributed by atoms with E-state index < -0.39 is 0 Å². The maximum Gasteiger partial charge on any atom is 0.0951 e. The number of aliphatic hydroxyl groups excluding tert-OH is 1. The van der Waals surface area contributed by atoms with Crippen LogP contribution in [0.4, 0.5) is 11.4 Å². The molecule has 0 radical (unpaired) electrons. The third-order valence-electron chi connectivity index (χ3n) is 3.37. The molecule has 0 aliphatic rings. The zero-order chi connectivity index (χ0) is 13.2. The number of anilines is 2. The predicted octanol–water partition coefficient (Wildman–Crippen LogP) is 2.39. The van der Waals surface area contributed by atoms with Crippen LogP contribution in [0, 0.1) is 0 Å². The molecule has 0 saturated heterocycles. The van der Waals surface area contributed by atoms with Crippen LogP contribution in [0.25, 0.3) is 10.9 Å². The van der Waals surface area contributed by atoms with E-state index >= 15 is 0 Å². The zero-order valence-corrected chi connectivity index (χ0v) is 10.8. The summed E-state index contributed by atoms with van der Waals surface area (Å²) in [7, 11) is 0. The van der Waals surface area contributed by atoms with Crippen LogP contribution in [0.2, 0.25) is 0 Å². The Kier molecular flexibility index (Phi) is 3.39. The number of nitrogens with zero attached hydrogens (tertiary/aromatic N) is 1. The number of aliphatic hydroxyl groups is 1. The fraction of sp³-hybridized carbons (Fsp3) is 0.357. The first kappa shape index (κ1) is 12.6. The molecule has 0 aliphatic carbocycles. The van der Waals surface area contributed by atoms with Crippen LogP contribution >= 0.6 is 0 Å². The van der Waals surface area contributed by atoms with E-state index in [1.165, 1.54) is 0 Å². The van der Waals surface area contributed by atoms with Gasteiger partial charge in [-0.05, 0) is 25.5 Å². The Hall–Kier alpha value is -1.81. The first-order valence-corrected chi connectivity index (χ1v) is 6.12. The molecule has 0 fully saturated rings. The number of nitrogens with one attached hydrogen (secondary N) is 1. The highest BCUT2D eigenvalue weighted by atomic mass is 16.3. The van der Waals surface area contributed by atoms with Gasteiger partial charge in [-0.25, -0.2) is 0 Å². The van der Waals surface area contributed by atoms with Gasteiger partial charge in [0, 0.05) is 17.3 Å². The summed E-state index contributed by atoms with van der Waals surface area (Å²) in [4.78, 5) is 4.30. The molecular weight excluding hydrogens is 226 g/mol. The highest BCUT2D eigenvalue weighted by Gasteiger charge is 2.21. The van der Waals surface area contributed by atoms with Gasteiger partial charge in [0.1, 0.15) is 0 Å². The van der Waals surface area contributed by atoms with Crippen LogP contribution in [0.5, 0.6) is 0 Å². The molecule has 1 unspecified atom stereocenters. The van der Waals surface area contributed by atoms with E-state index in [4.69, 9.17) is 5.73 Å². The van der Waals surface area contributed by atoms with E-state index in [1.54, 1.807) is 6.20 Å². The van der Waals surface area contributed by atoms with Crippen molar-refractivity contribution in [3.63, 3.8) is 0 Å². The standard InChI is InChI=1S/C14H19N3O/c1-3-14(2,9-18)17-12-7-8-16-13-10(12)5-4-6-11(13)15/h4-8,18H,3,9,15H2,1-2H3,(H,16,17). The summed E-state index contributed by atoms with van der Waals surface area (Å²) in [5.74, 6) is 0. The van der Waals surface area contributed by atoms with Gasteiger partial charge in [-0.2, -0.15) is 0 Å². The van der Waals surface area contributed by atoms with Gasteiger partial charge in [-0.15, -0.1) is 0 Å². The quantitative estimate of drug-likeness (QED) is 0.723. The second-order valence-electron chi connectivity index (χ2n) is 4.80. The molecule has 0 spiro atoms. The lowest BCUT2D eigenvalue weighted by atomic mass is 9.99. The van der Waals surface area contributed by atoms with Crippen LogP contribution in [-0.2, 0) is 0 Å². The fourth-order valence-corrected chi connectivity index (χ4v) is 1.87. The Morgan fingerprint density at radius 2 is 2.17 bits per heavy atom. The smallest absolute Gasteiger partial charge is 0.0951 e. The maximum absolute atomic E-state index is 9.47. The number of nitrogen functional groups attached to an aromatic ring is 1. The average molecular weight is 245 g/mol. The molecule has 1 atom stereocenters. The second kappa shape index (κ2) is 4.82. The van der Waals surface area contributed by atoms with E-state index in [1.807, 2.05) is 38.1 Å². The van der Waals surface area contributed by atoms with Crippen molar-refractivity contribution in [3.8, 4) is 0 Å². The average Bonchev–Trinajstić information content (AvgIpc) is 2.40. The van der Waals surface area contributed by atoms with Crippen molar-refractivity contribution in [2.75, 3.05) is 17.7 Å². The summed E-state index contributed by atoms with van der Waals surface area (Å²) in [6.45, 7) is 4.11. The number of hydrogen-bond acceptors (Lipinski definition) is 4. The van der Waals surface area contributed by atoms with Gasteiger partial charge < -0.3 is 16.2 Å². The number of hydrogen-bond donors (Lipinski definition) is 3. The molecule has 4 heteroatoms. The van der Waals surface area contributed by atoms with Crippen LogP contribution in [0.1, 0.15) is 20.3 Å². The zero-order valence-electron chi connectivity index (χ0n) is 10.8. The van der Waals surface area contributed by atoms with Gasteiger partial charge in [0.2, 0.25) is 0 Å². The third kappa shape index (κ3) is 2.24. The molecule has 1 aromatic heterocycles. The normalized spacial score (nSPS) is 14.4. The Bertz CT molecular complexity index is 550. The van der Waals surface area contributed by atoms with Gasteiger partial charge >= 0.3 is 0 Å². The topological polar surface area (TPSA) is 71.2 Å². The number of pyridine rings is 1. The molecule has 96 valence electrons. The van der Waals surface area contributed by atoms with Gasteiger partial charge in [0.25, 0.3) is 0 Å². The largest absolute Gasteiger partial charge is 0.397 e. The van der Waals surface area contributed by atoms with Crippen molar-refractivity contribution in [2.45, 2.75) is 25.8 Å². The van der Waals surface area contributed by atoms with Crippen molar-refractivity contribution in [1.29, 1.82) is 0 Å². The third-order valence-corrected chi connectivity index (χ3v) is 3.37. The van der Waals surface area contributed by atoms with Crippen LogP contribution < -0.4 is 11.1 Å². The Labute approximate surface area is 107 Å². The minimum absolute atomic E-state index is 0.0790. The predicted molar refractivity (Wildman–Crippen MR) is 75.6 cm³/mol. The fourth-order valence-electron chi connectivity index (χ4n) is 1.87. The van der Waals surface area contributed by atoms with E-state index in [9.17, 15) is 5.11 Å². The van der Waals surface area contributed by atoms with E-state index in [0.717, 1.165) is 23.0 Å².